The second-order valence-electron chi connectivity index (χ2n) is 6.93. The molecule has 1 aliphatic heterocycles. The second-order valence-corrected chi connectivity index (χ2v) is 6.93. The molecule has 0 aromatic heterocycles. The molecule has 2 aromatic rings. The Balaban J connectivity index is 1.66. The molecule has 1 fully saturated rings. The molecule has 3 rings (SSSR count). The lowest BCUT2D eigenvalue weighted by Crippen LogP contribution is -2.45. The molecule has 1 aliphatic rings. The van der Waals surface area contributed by atoms with Gasteiger partial charge in [0.1, 0.15) is 0 Å². The van der Waals surface area contributed by atoms with Gasteiger partial charge in [0.25, 0.3) is 0 Å². The number of nitrogen functional groups attached to an aromatic ring is 1. The molecule has 2 unspecified atom stereocenters. The van der Waals surface area contributed by atoms with E-state index in [1.54, 1.807) is 0 Å². The number of para-hydroxylation sites is 3. The van der Waals surface area contributed by atoms with Gasteiger partial charge in [0, 0.05) is 25.2 Å². The molecule has 0 aliphatic carbocycles. The van der Waals surface area contributed by atoms with Crippen molar-refractivity contribution < 1.29 is 9.53 Å². The van der Waals surface area contributed by atoms with Gasteiger partial charge in [-0.05, 0) is 44.0 Å². The molecule has 2 aromatic carbocycles. The number of nitrogens with zero attached hydrogens (tertiary/aromatic N) is 1. The molecule has 3 N–H and O–H groups in total. The number of benzene rings is 2. The first-order chi connectivity index (χ1) is 12.5. The molecule has 0 saturated carbocycles. The third-order valence-electron chi connectivity index (χ3n) is 4.61. The summed E-state index contributed by atoms with van der Waals surface area (Å²) in [5.41, 5.74) is 9.59. The van der Waals surface area contributed by atoms with E-state index >= 15 is 0 Å². The highest BCUT2D eigenvalue weighted by molar-refractivity contribution is 5.94. The molecule has 5 heteroatoms. The predicted molar refractivity (Wildman–Crippen MR) is 106 cm³/mol. The fraction of sp³-hybridized carbons (Fsp3) is 0.381. The minimum atomic E-state index is -0.00457. The molecular formula is C21H27N3O2. The Morgan fingerprint density at radius 1 is 1.12 bits per heavy atom. The first-order valence-corrected chi connectivity index (χ1v) is 9.15. The summed E-state index contributed by atoms with van der Waals surface area (Å²) in [5, 5.41) is 3.06. The molecule has 1 saturated heterocycles. The maximum absolute atomic E-state index is 12.5. The number of nitrogens with two attached hydrogens (primary N) is 1. The van der Waals surface area contributed by atoms with E-state index in [4.69, 9.17) is 10.5 Å². The number of hydrogen-bond donors (Lipinski definition) is 2. The fourth-order valence-corrected chi connectivity index (χ4v) is 3.45. The average Bonchev–Trinajstić information content (AvgIpc) is 2.60. The van der Waals surface area contributed by atoms with E-state index in [2.05, 4.69) is 30.1 Å². The number of amides is 1. The Bertz CT molecular complexity index is 752. The van der Waals surface area contributed by atoms with Crippen molar-refractivity contribution in [1.29, 1.82) is 0 Å². The van der Waals surface area contributed by atoms with E-state index in [0.717, 1.165) is 35.7 Å². The van der Waals surface area contributed by atoms with Crippen LogP contribution < -0.4 is 16.0 Å². The van der Waals surface area contributed by atoms with Crippen molar-refractivity contribution >= 4 is 23.0 Å². The highest BCUT2D eigenvalue weighted by Crippen LogP contribution is 2.28. The van der Waals surface area contributed by atoms with Crippen molar-refractivity contribution in [3.05, 3.63) is 54.1 Å². The van der Waals surface area contributed by atoms with E-state index in [1.807, 2.05) is 42.5 Å². The summed E-state index contributed by atoms with van der Waals surface area (Å²) >= 11 is 0. The van der Waals surface area contributed by atoms with Crippen LogP contribution in [0.15, 0.2) is 48.5 Å². The van der Waals surface area contributed by atoms with Crippen molar-refractivity contribution in [2.45, 2.75) is 38.9 Å². The van der Waals surface area contributed by atoms with E-state index in [9.17, 15) is 4.79 Å². The molecule has 1 heterocycles. The molecule has 5 nitrogen and oxygen atoms in total. The predicted octanol–water partition coefficient (Wildman–Crippen LogP) is 3.45. The zero-order chi connectivity index (χ0) is 18.5. The molecule has 26 heavy (non-hydrogen) atoms. The van der Waals surface area contributed by atoms with Crippen molar-refractivity contribution in [2.24, 2.45) is 0 Å². The van der Waals surface area contributed by atoms with Gasteiger partial charge in [-0.2, -0.15) is 0 Å². The van der Waals surface area contributed by atoms with Crippen molar-refractivity contribution in [3.8, 4) is 0 Å². The minimum Gasteiger partial charge on any atom is -0.399 e. The SMILES string of the molecule is CC1CN(c2ccccc2NC(=O)CCc2ccccc2N)CC(C)O1. The highest BCUT2D eigenvalue weighted by atomic mass is 16.5. The Morgan fingerprint density at radius 3 is 2.50 bits per heavy atom. The molecule has 1 amide bonds. The van der Waals surface area contributed by atoms with Gasteiger partial charge in [-0.3, -0.25) is 4.79 Å². The lowest BCUT2D eigenvalue weighted by molar-refractivity contribution is -0.116. The number of morpholine rings is 1. The van der Waals surface area contributed by atoms with Crippen molar-refractivity contribution in [2.75, 3.05) is 29.0 Å². The molecule has 0 spiro atoms. The van der Waals surface area contributed by atoms with Crippen LogP contribution in [0.4, 0.5) is 17.1 Å². The van der Waals surface area contributed by atoms with Crippen molar-refractivity contribution in [3.63, 3.8) is 0 Å². The third kappa shape index (κ3) is 4.55. The van der Waals surface area contributed by atoms with Crippen LogP contribution in [0.25, 0.3) is 0 Å². The summed E-state index contributed by atoms with van der Waals surface area (Å²) in [7, 11) is 0. The normalized spacial score (nSPS) is 20.0. The number of ether oxygens (including phenoxy) is 1. The summed E-state index contributed by atoms with van der Waals surface area (Å²) in [6.07, 6.45) is 1.37. The number of carbonyl (C=O) groups is 1. The summed E-state index contributed by atoms with van der Waals surface area (Å²) in [6, 6.07) is 15.6. The number of rotatable bonds is 5. The quantitative estimate of drug-likeness (QED) is 0.808. The summed E-state index contributed by atoms with van der Waals surface area (Å²) < 4.78 is 5.82. The Morgan fingerprint density at radius 2 is 1.77 bits per heavy atom. The number of hydrogen-bond acceptors (Lipinski definition) is 4. The summed E-state index contributed by atoms with van der Waals surface area (Å²) in [5.74, 6) is -0.00457. The standard InChI is InChI=1S/C21H27N3O2/c1-15-13-24(14-16(2)26-15)20-10-6-5-9-19(20)23-21(25)12-11-17-7-3-4-8-18(17)22/h3-10,15-16H,11-14,22H2,1-2H3,(H,23,25). The zero-order valence-electron chi connectivity index (χ0n) is 15.4. The van der Waals surface area contributed by atoms with Gasteiger partial charge in [0.2, 0.25) is 5.91 Å². The zero-order valence-corrected chi connectivity index (χ0v) is 15.4. The highest BCUT2D eigenvalue weighted by Gasteiger charge is 2.24. The van der Waals surface area contributed by atoms with E-state index in [1.165, 1.54) is 0 Å². The van der Waals surface area contributed by atoms with Crippen LogP contribution in [0.1, 0.15) is 25.8 Å². The van der Waals surface area contributed by atoms with E-state index < -0.39 is 0 Å². The first-order valence-electron chi connectivity index (χ1n) is 9.15. The summed E-state index contributed by atoms with van der Waals surface area (Å²) in [4.78, 5) is 14.7. The molecule has 138 valence electrons. The van der Waals surface area contributed by atoms with E-state index in [-0.39, 0.29) is 18.1 Å². The van der Waals surface area contributed by atoms with Gasteiger partial charge in [-0.1, -0.05) is 30.3 Å². The molecule has 0 bridgehead atoms. The van der Waals surface area contributed by atoms with Crippen LogP contribution in [0, 0.1) is 0 Å². The third-order valence-corrected chi connectivity index (χ3v) is 4.61. The largest absolute Gasteiger partial charge is 0.399 e. The van der Waals surface area contributed by atoms with Crippen LogP contribution in [0.2, 0.25) is 0 Å². The van der Waals surface area contributed by atoms with Crippen LogP contribution in [0.5, 0.6) is 0 Å². The van der Waals surface area contributed by atoms with Crippen molar-refractivity contribution in [1.82, 2.24) is 0 Å². The Kier molecular flexibility index (Phi) is 5.78. The van der Waals surface area contributed by atoms with Crippen LogP contribution in [-0.4, -0.2) is 31.2 Å². The lowest BCUT2D eigenvalue weighted by atomic mass is 10.1. The smallest absolute Gasteiger partial charge is 0.224 e. The number of nitrogens with one attached hydrogen (secondary N) is 1. The molecule has 0 radical (unpaired) electrons. The molecular weight excluding hydrogens is 326 g/mol. The topological polar surface area (TPSA) is 67.6 Å². The van der Waals surface area contributed by atoms with Crippen LogP contribution in [0.3, 0.4) is 0 Å². The van der Waals surface area contributed by atoms with Gasteiger partial charge < -0.3 is 20.7 Å². The van der Waals surface area contributed by atoms with E-state index in [0.29, 0.717) is 12.8 Å². The van der Waals surface area contributed by atoms with Crippen LogP contribution in [-0.2, 0) is 16.0 Å². The monoisotopic (exact) mass is 353 g/mol. The van der Waals surface area contributed by atoms with Gasteiger partial charge in [0.05, 0.1) is 23.6 Å². The Labute approximate surface area is 155 Å². The maximum Gasteiger partial charge on any atom is 0.224 e. The van der Waals surface area contributed by atoms with Gasteiger partial charge in [-0.15, -0.1) is 0 Å². The Hall–Kier alpha value is -2.53. The average molecular weight is 353 g/mol. The number of anilines is 3. The first kappa shape index (κ1) is 18.3. The van der Waals surface area contributed by atoms with Gasteiger partial charge in [0.15, 0.2) is 0 Å². The fourth-order valence-electron chi connectivity index (χ4n) is 3.45. The minimum absolute atomic E-state index is 0.00457. The van der Waals surface area contributed by atoms with Gasteiger partial charge >= 0.3 is 0 Å². The second kappa shape index (κ2) is 8.23. The number of aryl methyl sites for hydroxylation is 1. The van der Waals surface area contributed by atoms with Crippen LogP contribution >= 0.6 is 0 Å². The van der Waals surface area contributed by atoms with Gasteiger partial charge in [-0.25, -0.2) is 0 Å². The number of carbonyl (C=O) groups excluding carboxylic acids is 1. The lowest BCUT2D eigenvalue weighted by Gasteiger charge is -2.37. The summed E-state index contributed by atoms with van der Waals surface area (Å²) in [6.45, 7) is 5.79. The molecule has 2 atom stereocenters. The maximum atomic E-state index is 12.5.